The summed E-state index contributed by atoms with van der Waals surface area (Å²) in [7, 11) is 0. The molecule has 0 unspecified atom stereocenters. The lowest BCUT2D eigenvalue weighted by Gasteiger charge is -2.36. The van der Waals surface area contributed by atoms with Crippen LogP contribution < -0.4 is 0 Å². The van der Waals surface area contributed by atoms with Crippen LogP contribution >= 0.6 is 0 Å². The third-order valence-electron chi connectivity index (χ3n) is 3.66. The summed E-state index contributed by atoms with van der Waals surface area (Å²) in [6.45, 7) is 9.91. The smallest absolute Gasteiger partial charge is 0.418 e. The van der Waals surface area contributed by atoms with Crippen LogP contribution in [0.15, 0.2) is 0 Å². The number of hydrogen-bond donors (Lipinski definition) is 0. The van der Waals surface area contributed by atoms with Gasteiger partial charge in [-0.1, -0.05) is 0 Å². The van der Waals surface area contributed by atoms with E-state index in [1.54, 1.807) is 25.7 Å². The first-order chi connectivity index (χ1) is 10.2. The number of urea groups is 1. The third-order valence-corrected chi connectivity index (χ3v) is 3.66. The molecule has 0 aliphatic carbocycles. The van der Waals surface area contributed by atoms with Gasteiger partial charge in [0.1, 0.15) is 5.60 Å². The number of hydrogen-bond acceptors (Lipinski definition) is 5. The van der Waals surface area contributed by atoms with Crippen LogP contribution in [0.4, 0.5) is 9.59 Å². The SMILES string of the molecule is CC(C)(C)OC(=O)N1CCCN(CCC2(C)OCCO2)C1=O. The predicted octanol–water partition coefficient (Wildman–Crippen LogP) is 2.20. The molecule has 126 valence electrons. The molecule has 2 rings (SSSR count). The van der Waals surface area contributed by atoms with E-state index >= 15 is 0 Å². The molecule has 0 spiro atoms. The number of amides is 3. The topological polar surface area (TPSA) is 68.3 Å². The van der Waals surface area contributed by atoms with E-state index in [1.165, 1.54) is 4.90 Å². The van der Waals surface area contributed by atoms with Crippen molar-refractivity contribution in [2.24, 2.45) is 0 Å². The highest BCUT2D eigenvalue weighted by Crippen LogP contribution is 2.24. The highest BCUT2D eigenvalue weighted by molar-refractivity contribution is 5.91. The highest BCUT2D eigenvalue weighted by atomic mass is 16.7. The molecular formula is C15H26N2O5. The fraction of sp³-hybridized carbons (Fsp3) is 0.867. The van der Waals surface area contributed by atoms with Crippen LogP contribution in [0.3, 0.4) is 0 Å². The molecule has 22 heavy (non-hydrogen) atoms. The second-order valence-corrected chi connectivity index (χ2v) is 6.84. The van der Waals surface area contributed by atoms with Crippen LogP contribution in [-0.2, 0) is 14.2 Å². The quantitative estimate of drug-likeness (QED) is 0.799. The van der Waals surface area contributed by atoms with Crippen molar-refractivity contribution in [3.05, 3.63) is 0 Å². The lowest BCUT2D eigenvalue weighted by molar-refractivity contribution is -0.148. The number of nitrogens with zero attached hydrogens (tertiary/aromatic N) is 2. The van der Waals surface area contributed by atoms with Gasteiger partial charge in [0.05, 0.1) is 13.2 Å². The van der Waals surface area contributed by atoms with E-state index in [0.717, 1.165) is 6.42 Å². The summed E-state index contributed by atoms with van der Waals surface area (Å²) in [5, 5.41) is 0. The van der Waals surface area contributed by atoms with Crippen molar-refractivity contribution < 1.29 is 23.8 Å². The van der Waals surface area contributed by atoms with Crippen molar-refractivity contribution in [2.75, 3.05) is 32.8 Å². The zero-order valence-electron chi connectivity index (χ0n) is 13.9. The first kappa shape index (κ1) is 17.0. The maximum atomic E-state index is 12.4. The highest BCUT2D eigenvalue weighted by Gasteiger charge is 2.36. The van der Waals surface area contributed by atoms with Crippen LogP contribution in [0.1, 0.15) is 40.5 Å². The number of carbonyl (C=O) groups is 2. The molecule has 2 aliphatic heterocycles. The van der Waals surface area contributed by atoms with Gasteiger partial charge >= 0.3 is 12.1 Å². The standard InChI is InChI=1S/C15H26N2O5/c1-14(2,3)22-13(19)17-8-5-7-16(12(17)18)9-6-15(4)20-10-11-21-15/h5-11H2,1-4H3. The van der Waals surface area contributed by atoms with E-state index in [2.05, 4.69) is 0 Å². The van der Waals surface area contributed by atoms with E-state index in [4.69, 9.17) is 14.2 Å². The maximum absolute atomic E-state index is 12.4. The number of imide groups is 1. The summed E-state index contributed by atoms with van der Waals surface area (Å²) in [6, 6.07) is -0.304. The molecule has 2 fully saturated rings. The van der Waals surface area contributed by atoms with Gasteiger partial charge in [-0.25, -0.2) is 14.5 Å². The monoisotopic (exact) mass is 314 g/mol. The molecule has 0 aromatic rings. The molecule has 0 radical (unpaired) electrons. The minimum Gasteiger partial charge on any atom is -0.443 e. The Kier molecular flexibility index (Phi) is 4.97. The van der Waals surface area contributed by atoms with E-state index < -0.39 is 17.5 Å². The fourth-order valence-electron chi connectivity index (χ4n) is 2.51. The van der Waals surface area contributed by atoms with Crippen molar-refractivity contribution in [2.45, 2.75) is 51.9 Å². The van der Waals surface area contributed by atoms with Gasteiger partial charge in [0.15, 0.2) is 5.79 Å². The van der Waals surface area contributed by atoms with Gasteiger partial charge < -0.3 is 19.1 Å². The minimum absolute atomic E-state index is 0.304. The Hall–Kier alpha value is -1.34. The van der Waals surface area contributed by atoms with Crippen molar-refractivity contribution in [1.82, 2.24) is 9.80 Å². The maximum Gasteiger partial charge on any atom is 0.418 e. The molecule has 0 aromatic heterocycles. The van der Waals surface area contributed by atoms with Gasteiger partial charge in [-0.3, -0.25) is 0 Å². The zero-order valence-corrected chi connectivity index (χ0v) is 13.9. The average molecular weight is 314 g/mol. The Morgan fingerprint density at radius 1 is 1.27 bits per heavy atom. The van der Waals surface area contributed by atoms with Crippen molar-refractivity contribution in [3.63, 3.8) is 0 Å². The predicted molar refractivity (Wildman–Crippen MR) is 79.5 cm³/mol. The second-order valence-electron chi connectivity index (χ2n) is 6.84. The summed E-state index contributed by atoms with van der Waals surface area (Å²) < 4.78 is 16.4. The molecule has 2 saturated heterocycles. The van der Waals surface area contributed by atoms with Crippen molar-refractivity contribution >= 4 is 12.1 Å². The zero-order chi connectivity index (χ0) is 16.4. The number of ether oxygens (including phenoxy) is 3. The summed E-state index contributed by atoms with van der Waals surface area (Å²) in [4.78, 5) is 27.4. The first-order valence-electron chi connectivity index (χ1n) is 7.78. The molecule has 0 aromatic carbocycles. The Morgan fingerprint density at radius 3 is 2.50 bits per heavy atom. The van der Waals surface area contributed by atoms with Gasteiger partial charge in [-0.15, -0.1) is 0 Å². The van der Waals surface area contributed by atoms with Crippen LogP contribution in [0.2, 0.25) is 0 Å². The molecular weight excluding hydrogens is 288 g/mol. The number of rotatable bonds is 3. The van der Waals surface area contributed by atoms with Crippen molar-refractivity contribution in [3.8, 4) is 0 Å². The normalized spacial score (nSPS) is 22.1. The van der Waals surface area contributed by atoms with E-state index in [1.807, 2.05) is 6.92 Å². The lowest BCUT2D eigenvalue weighted by atomic mass is 10.2. The summed E-state index contributed by atoms with van der Waals surface area (Å²) in [5.41, 5.74) is -0.612. The molecule has 3 amide bonds. The molecule has 0 atom stereocenters. The van der Waals surface area contributed by atoms with E-state index in [0.29, 0.717) is 39.3 Å². The van der Waals surface area contributed by atoms with Crippen LogP contribution in [0.5, 0.6) is 0 Å². The molecule has 2 heterocycles. The van der Waals surface area contributed by atoms with Gasteiger partial charge in [-0.2, -0.15) is 0 Å². The van der Waals surface area contributed by atoms with Crippen molar-refractivity contribution in [1.29, 1.82) is 0 Å². The second kappa shape index (κ2) is 6.42. The molecule has 7 nitrogen and oxygen atoms in total. The third kappa shape index (κ3) is 4.33. The Morgan fingerprint density at radius 2 is 1.91 bits per heavy atom. The Labute approximate surface area is 131 Å². The summed E-state index contributed by atoms with van der Waals surface area (Å²) >= 11 is 0. The van der Waals surface area contributed by atoms with Crippen LogP contribution in [0.25, 0.3) is 0 Å². The van der Waals surface area contributed by atoms with Gasteiger partial charge in [0.2, 0.25) is 0 Å². The van der Waals surface area contributed by atoms with Gasteiger partial charge in [-0.05, 0) is 34.1 Å². The van der Waals surface area contributed by atoms with Gasteiger partial charge in [0.25, 0.3) is 0 Å². The first-order valence-corrected chi connectivity index (χ1v) is 7.78. The molecule has 0 bridgehead atoms. The minimum atomic E-state index is -0.630. The van der Waals surface area contributed by atoms with E-state index in [9.17, 15) is 9.59 Å². The molecule has 7 heteroatoms. The average Bonchev–Trinajstić information content (AvgIpc) is 2.83. The Bertz CT molecular complexity index is 426. The fourth-order valence-corrected chi connectivity index (χ4v) is 2.51. The number of carbonyl (C=O) groups excluding carboxylic acids is 2. The molecule has 2 aliphatic rings. The largest absolute Gasteiger partial charge is 0.443 e. The van der Waals surface area contributed by atoms with E-state index in [-0.39, 0.29) is 6.03 Å². The summed E-state index contributed by atoms with van der Waals surface area (Å²) in [5.74, 6) is -0.630. The van der Waals surface area contributed by atoms with Gasteiger partial charge in [0, 0.05) is 26.1 Å². The molecule has 0 N–H and O–H groups in total. The van der Waals surface area contributed by atoms with Crippen LogP contribution in [-0.4, -0.2) is 66.2 Å². The lowest BCUT2D eigenvalue weighted by Crippen LogP contribution is -2.53. The van der Waals surface area contributed by atoms with Crippen LogP contribution in [0, 0.1) is 0 Å². The summed E-state index contributed by atoms with van der Waals surface area (Å²) in [6.07, 6.45) is 0.742. The molecule has 0 saturated carbocycles. The Balaban J connectivity index is 1.90.